The fraction of sp³-hybridized carbons (Fsp3) is 0.263. The van der Waals surface area contributed by atoms with Crippen molar-refractivity contribution in [1.29, 1.82) is 0 Å². The van der Waals surface area contributed by atoms with Gasteiger partial charge in [0.2, 0.25) is 0 Å². The second-order valence-corrected chi connectivity index (χ2v) is 6.92. The Labute approximate surface area is 159 Å². The third kappa shape index (κ3) is 4.19. The maximum atomic E-state index is 13.0. The van der Waals surface area contributed by atoms with E-state index in [2.05, 4.69) is 20.8 Å². The number of benzene rings is 2. The number of carbonyl (C=O) groups excluding carboxylic acids is 1. The molecule has 1 N–H and O–H groups in total. The maximum absolute atomic E-state index is 13.0. The number of halogens is 3. The number of carbonyl (C=O) groups is 1. The molecule has 0 atom stereocenters. The van der Waals surface area contributed by atoms with Crippen LogP contribution >= 0.6 is 0 Å². The van der Waals surface area contributed by atoms with Gasteiger partial charge in [0.25, 0.3) is 5.91 Å². The minimum absolute atomic E-state index is 0.150. The molecule has 6 nitrogen and oxygen atoms in total. The maximum Gasteiger partial charge on any atom is 0.416 e. The number of aromatic nitrogens is 4. The van der Waals surface area contributed by atoms with Gasteiger partial charge in [-0.25, -0.2) is 0 Å². The number of hydrogen-bond donors (Lipinski definition) is 1. The molecular formula is C19H18F3N5O. The molecular weight excluding hydrogens is 371 g/mol. The summed E-state index contributed by atoms with van der Waals surface area (Å²) in [6.45, 7) is 3.70. The lowest BCUT2D eigenvalue weighted by atomic mass is 9.83. The number of para-hydroxylation sites is 1. The fourth-order valence-electron chi connectivity index (χ4n) is 2.75. The summed E-state index contributed by atoms with van der Waals surface area (Å²) in [7, 11) is 0. The molecule has 0 aliphatic carbocycles. The summed E-state index contributed by atoms with van der Waals surface area (Å²) in [6.07, 6.45) is -3.04. The Morgan fingerprint density at radius 3 is 2.46 bits per heavy atom. The summed E-state index contributed by atoms with van der Waals surface area (Å²) in [6, 6.07) is 11.9. The molecule has 0 spiro atoms. The van der Waals surface area contributed by atoms with E-state index < -0.39 is 17.2 Å². The molecule has 0 saturated heterocycles. The average molecular weight is 389 g/mol. The predicted molar refractivity (Wildman–Crippen MR) is 96.0 cm³/mol. The summed E-state index contributed by atoms with van der Waals surface area (Å²) in [5, 5.41) is 13.7. The highest BCUT2D eigenvalue weighted by molar-refractivity contribution is 5.97. The van der Waals surface area contributed by atoms with E-state index in [1.54, 1.807) is 44.2 Å². The standard InChI is InChI=1S/C19H18F3N5O/c1-18(2,13-6-5-7-14(10-13)19(20,21)22)11-23-17(28)15-8-3-4-9-16(15)27-12-24-25-26-27/h3-10,12H,11H2,1-2H3,(H,23,28). The lowest BCUT2D eigenvalue weighted by molar-refractivity contribution is -0.137. The molecule has 0 aliphatic rings. The molecule has 28 heavy (non-hydrogen) atoms. The first-order valence-corrected chi connectivity index (χ1v) is 8.47. The van der Waals surface area contributed by atoms with Crippen molar-refractivity contribution in [1.82, 2.24) is 25.5 Å². The lowest BCUT2D eigenvalue weighted by Crippen LogP contribution is -2.37. The predicted octanol–water partition coefficient (Wildman–Crippen LogP) is 3.39. The molecule has 9 heteroatoms. The first-order valence-electron chi connectivity index (χ1n) is 8.47. The van der Waals surface area contributed by atoms with Crippen molar-refractivity contribution in [3.05, 3.63) is 71.5 Å². The summed E-state index contributed by atoms with van der Waals surface area (Å²) < 4.78 is 40.3. The van der Waals surface area contributed by atoms with Gasteiger partial charge < -0.3 is 5.32 Å². The van der Waals surface area contributed by atoms with E-state index in [1.807, 2.05) is 0 Å². The Kier molecular flexibility index (Phi) is 5.17. The van der Waals surface area contributed by atoms with Crippen molar-refractivity contribution in [2.45, 2.75) is 25.4 Å². The molecule has 0 radical (unpaired) electrons. The number of rotatable bonds is 5. The molecule has 1 heterocycles. The second kappa shape index (κ2) is 7.41. The van der Waals surface area contributed by atoms with E-state index in [0.717, 1.165) is 12.1 Å². The first kappa shape index (κ1) is 19.5. The molecule has 3 rings (SSSR count). The van der Waals surface area contributed by atoms with Crippen LogP contribution in [0.2, 0.25) is 0 Å². The smallest absolute Gasteiger partial charge is 0.351 e. The van der Waals surface area contributed by atoms with Crippen LogP contribution in [-0.4, -0.2) is 32.7 Å². The molecule has 3 aromatic rings. The van der Waals surface area contributed by atoms with Crippen LogP contribution < -0.4 is 5.32 Å². The van der Waals surface area contributed by atoms with E-state index in [1.165, 1.54) is 17.1 Å². The molecule has 1 aromatic heterocycles. The largest absolute Gasteiger partial charge is 0.416 e. The zero-order chi connectivity index (χ0) is 20.4. The second-order valence-electron chi connectivity index (χ2n) is 6.92. The van der Waals surface area contributed by atoms with Crippen LogP contribution in [0.15, 0.2) is 54.9 Å². The minimum atomic E-state index is -4.42. The van der Waals surface area contributed by atoms with Crippen molar-refractivity contribution in [3.63, 3.8) is 0 Å². The van der Waals surface area contributed by atoms with Gasteiger partial charge in [-0.3, -0.25) is 4.79 Å². The molecule has 146 valence electrons. The number of amides is 1. The van der Waals surface area contributed by atoms with E-state index in [0.29, 0.717) is 16.8 Å². The molecule has 0 bridgehead atoms. The third-order valence-corrected chi connectivity index (χ3v) is 4.41. The minimum Gasteiger partial charge on any atom is -0.351 e. The highest BCUT2D eigenvalue weighted by atomic mass is 19.4. The summed E-state index contributed by atoms with van der Waals surface area (Å²) in [5.41, 5.74) is -0.0814. The normalized spacial score (nSPS) is 12.0. The van der Waals surface area contributed by atoms with Crippen LogP contribution in [0.4, 0.5) is 13.2 Å². The lowest BCUT2D eigenvalue weighted by Gasteiger charge is -2.26. The van der Waals surface area contributed by atoms with Crippen LogP contribution in [-0.2, 0) is 11.6 Å². The van der Waals surface area contributed by atoms with Gasteiger partial charge in [0.1, 0.15) is 6.33 Å². The topological polar surface area (TPSA) is 72.7 Å². The molecule has 1 amide bonds. The monoisotopic (exact) mass is 389 g/mol. The van der Waals surface area contributed by atoms with Crippen molar-refractivity contribution in [2.24, 2.45) is 0 Å². The summed E-state index contributed by atoms with van der Waals surface area (Å²) >= 11 is 0. The van der Waals surface area contributed by atoms with E-state index in [4.69, 9.17) is 0 Å². The molecule has 0 aliphatic heterocycles. The van der Waals surface area contributed by atoms with Gasteiger partial charge in [-0.2, -0.15) is 17.9 Å². The highest BCUT2D eigenvalue weighted by Crippen LogP contribution is 2.32. The van der Waals surface area contributed by atoms with Crippen molar-refractivity contribution >= 4 is 5.91 Å². The molecule has 0 fully saturated rings. The van der Waals surface area contributed by atoms with Crippen LogP contribution in [0.5, 0.6) is 0 Å². The SMILES string of the molecule is CC(C)(CNC(=O)c1ccccc1-n1cnnn1)c1cccc(C(F)(F)F)c1. The van der Waals surface area contributed by atoms with Gasteiger partial charge in [-0.1, -0.05) is 44.2 Å². The number of tetrazole rings is 1. The summed E-state index contributed by atoms with van der Waals surface area (Å²) in [5.74, 6) is -0.369. The van der Waals surface area contributed by atoms with Gasteiger partial charge in [0.15, 0.2) is 0 Å². The van der Waals surface area contributed by atoms with Crippen molar-refractivity contribution in [3.8, 4) is 5.69 Å². The Morgan fingerprint density at radius 1 is 1.07 bits per heavy atom. The van der Waals surface area contributed by atoms with Crippen LogP contribution in [0.25, 0.3) is 5.69 Å². The van der Waals surface area contributed by atoms with Crippen molar-refractivity contribution < 1.29 is 18.0 Å². The van der Waals surface area contributed by atoms with Crippen LogP contribution in [0.1, 0.15) is 35.3 Å². The highest BCUT2D eigenvalue weighted by Gasteiger charge is 2.32. The Hall–Kier alpha value is -3.23. The van der Waals surface area contributed by atoms with Gasteiger partial charge in [-0.15, -0.1) is 5.10 Å². The molecule has 2 aromatic carbocycles. The van der Waals surface area contributed by atoms with E-state index in [-0.39, 0.29) is 12.5 Å². The summed E-state index contributed by atoms with van der Waals surface area (Å²) in [4.78, 5) is 12.7. The van der Waals surface area contributed by atoms with Crippen LogP contribution in [0, 0.1) is 0 Å². The fourth-order valence-corrected chi connectivity index (χ4v) is 2.75. The average Bonchev–Trinajstić information content (AvgIpc) is 3.20. The van der Waals surface area contributed by atoms with Gasteiger partial charge >= 0.3 is 6.18 Å². The quantitative estimate of drug-likeness (QED) is 0.726. The Morgan fingerprint density at radius 2 is 1.79 bits per heavy atom. The molecule has 0 unspecified atom stereocenters. The molecule has 0 saturated carbocycles. The van der Waals surface area contributed by atoms with Gasteiger partial charge in [-0.05, 0) is 34.2 Å². The van der Waals surface area contributed by atoms with E-state index in [9.17, 15) is 18.0 Å². The van der Waals surface area contributed by atoms with E-state index >= 15 is 0 Å². The zero-order valence-corrected chi connectivity index (χ0v) is 15.2. The number of alkyl halides is 3. The number of hydrogen-bond acceptors (Lipinski definition) is 4. The number of nitrogens with one attached hydrogen (secondary N) is 1. The first-order chi connectivity index (χ1) is 13.2. The third-order valence-electron chi connectivity index (χ3n) is 4.41. The number of nitrogens with zero attached hydrogens (tertiary/aromatic N) is 4. The van der Waals surface area contributed by atoms with Gasteiger partial charge in [0, 0.05) is 12.0 Å². The zero-order valence-electron chi connectivity index (χ0n) is 15.2. The van der Waals surface area contributed by atoms with Crippen molar-refractivity contribution in [2.75, 3.05) is 6.54 Å². The van der Waals surface area contributed by atoms with Crippen LogP contribution in [0.3, 0.4) is 0 Å². The Bertz CT molecular complexity index is 968. The Balaban J connectivity index is 1.78. The van der Waals surface area contributed by atoms with Gasteiger partial charge in [0.05, 0.1) is 16.8 Å².